The lowest BCUT2D eigenvalue weighted by molar-refractivity contribution is 0.853. The number of hydrogen-bond acceptors (Lipinski definition) is 3. The summed E-state index contributed by atoms with van der Waals surface area (Å²) >= 11 is 6.20. The molecule has 20 heavy (non-hydrogen) atoms. The van der Waals surface area contributed by atoms with Crippen LogP contribution in [-0.2, 0) is 0 Å². The van der Waals surface area contributed by atoms with Crippen LogP contribution in [0.4, 0.5) is 5.95 Å². The number of aromatic nitrogens is 3. The molecule has 2 heterocycles. The van der Waals surface area contributed by atoms with E-state index in [0.29, 0.717) is 5.95 Å². The number of hydrogen-bond donors (Lipinski definition) is 1. The number of benzene rings is 1. The third-order valence-corrected chi connectivity index (χ3v) is 3.62. The van der Waals surface area contributed by atoms with E-state index in [0.717, 1.165) is 21.8 Å². The Bertz CT molecular complexity index is 750. The van der Waals surface area contributed by atoms with Crippen LogP contribution in [0.2, 0.25) is 5.02 Å². The van der Waals surface area contributed by atoms with Crippen molar-refractivity contribution in [1.82, 2.24) is 14.6 Å². The number of anilines is 1. The van der Waals surface area contributed by atoms with Crippen LogP contribution < -0.4 is 5.32 Å². The van der Waals surface area contributed by atoms with Gasteiger partial charge >= 0.3 is 0 Å². The molecule has 0 fully saturated rings. The summed E-state index contributed by atoms with van der Waals surface area (Å²) in [6.45, 7) is 4.06. The second kappa shape index (κ2) is 5.13. The predicted molar refractivity (Wildman–Crippen MR) is 81.2 cm³/mol. The Morgan fingerprint density at radius 1 is 1.20 bits per heavy atom. The van der Waals surface area contributed by atoms with E-state index in [1.54, 1.807) is 4.52 Å². The van der Waals surface area contributed by atoms with Crippen molar-refractivity contribution in [2.75, 3.05) is 5.32 Å². The molecule has 0 aliphatic carbocycles. The maximum Gasteiger partial charge on any atom is 0.243 e. The van der Waals surface area contributed by atoms with Gasteiger partial charge in [-0.05, 0) is 37.1 Å². The minimum absolute atomic E-state index is 0.0430. The first kappa shape index (κ1) is 12.9. The molecule has 0 spiro atoms. The highest BCUT2D eigenvalue weighted by atomic mass is 35.5. The minimum Gasteiger partial charge on any atom is -0.346 e. The van der Waals surface area contributed by atoms with Crippen molar-refractivity contribution < 1.29 is 0 Å². The Morgan fingerprint density at radius 2 is 2.00 bits per heavy atom. The molecule has 1 aromatic carbocycles. The number of nitrogens with one attached hydrogen (secondary N) is 1. The first-order valence-electron chi connectivity index (χ1n) is 6.48. The molecule has 5 heteroatoms. The number of nitrogens with zero attached hydrogens (tertiary/aromatic N) is 3. The first-order chi connectivity index (χ1) is 9.65. The third-order valence-electron chi connectivity index (χ3n) is 3.27. The van der Waals surface area contributed by atoms with Crippen LogP contribution in [0.15, 0.2) is 42.6 Å². The molecule has 0 aliphatic heterocycles. The summed E-state index contributed by atoms with van der Waals surface area (Å²) in [5.41, 5.74) is 2.99. The van der Waals surface area contributed by atoms with Gasteiger partial charge in [0.1, 0.15) is 0 Å². The van der Waals surface area contributed by atoms with Crippen molar-refractivity contribution in [3.8, 4) is 0 Å². The molecule has 1 unspecified atom stereocenters. The van der Waals surface area contributed by atoms with Gasteiger partial charge < -0.3 is 5.32 Å². The van der Waals surface area contributed by atoms with E-state index in [1.807, 2.05) is 56.4 Å². The van der Waals surface area contributed by atoms with Crippen LogP contribution in [0.5, 0.6) is 0 Å². The van der Waals surface area contributed by atoms with E-state index in [4.69, 9.17) is 11.6 Å². The van der Waals surface area contributed by atoms with Crippen molar-refractivity contribution in [3.05, 3.63) is 58.7 Å². The van der Waals surface area contributed by atoms with Gasteiger partial charge in [0.25, 0.3) is 0 Å². The summed E-state index contributed by atoms with van der Waals surface area (Å²) < 4.78 is 1.77. The normalized spacial score (nSPS) is 12.6. The predicted octanol–water partition coefficient (Wildman–Crippen LogP) is 3.86. The average molecular weight is 287 g/mol. The Labute approximate surface area is 122 Å². The van der Waals surface area contributed by atoms with E-state index in [1.165, 1.54) is 0 Å². The smallest absolute Gasteiger partial charge is 0.243 e. The van der Waals surface area contributed by atoms with Crippen LogP contribution in [0.25, 0.3) is 5.65 Å². The summed E-state index contributed by atoms with van der Waals surface area (Å²) in [7, 11) is 0. The Kier molecular flexibility index (Phi) is 3.32. The van der Waals surface area contributed by atoms with E-state index >= 15 is 0 Å². The number of halogens is 1. The standard InChI is InChI=1S/C15H15ClN4/c1-10-6-5-9-20-14(10)18-15(19-20)17-11(2)12-7-3-4-8-13(12)16/h3-9,11H,1-2H3,(H,17,19). The molecule has 1 atom stereocenters. The molecular formula is C15H15ClN4. The summed E-state index contributed by atoms with van der Waals surface area (Å²) in [4.78, 5) is 4.51. The SMILES string of the molecule is Cc1cccn2nc(NC(C)c3ccccc3Cl)nc12. The molecule has 0 saturated carbocycles. The molecule has 4 nitrogen and oxygen atoms in total. The summed E-state index contributed by atoms with van der Waals surface area (Å²) in [5.74, 6) is 0.603. The van der Waals surface area contributed by atoms with Crippen LogP contribution in [0, 0.1) is 6.92 Å². The molecular weight excluding hydrogens is 272 g/mol. The largest absolute Gasteiger partial charge is 0.346 e. The molecule has 0 amide bonds. The quantitative estimate of drug-likeness (QED) is 0.795. The lowest BCUT2D eigenvalue weighted by Crippen LogP contribution is -2.08. The number of fused-ring (bicyclic) bond motifs is 1. The van der Waals surface area contributed by atoms with Gasteiger partial charge in [-0.25, -0.2) is 4.52 Å². The second-order valence-corrected chi connectivity index (χ2v) is 5.19. The number of pyridine rings is 1. The van der Waals surface area contributed by atoms with Crippen molar-refractivity contribution in [2.45, 2.75) is 19.9 Å². The second-order valence-electron chi connectivity index (χ2n) is 4.78. The molecule has 0 aliphatic rings. The highest BCUT2D eigenvalue weighted by Crippen LogP contribution is 2.24. The van der Waals surface area contributed by atoms with Crippen LogP contribution in [-0.4, -0.2) is 14.6 Å². The Morgan fingerprint density at radius 3 is 2.75 bits per heavy atom. The number of aryl methyl sites for hydroxylation is 1. The topological polar surface area (TPSA) is 42.2 Å². The molecule has 0 saturated heterocycles. The Hall–Kier alpha value is -2.07. The molecule has 2 aromatic heterocycles. The van der Waals surface area contributed by atoms with Gasteiger partial charge in [-0.1, -0.05) is 35.9 Å². The fourth-order valence-corrected chi connectivity index (χ4v) is 2.50. The highest BCUT2D eigenvalue weighted by molar-refractivity contribution is 6.31. The maximum absolute atomic E-state index is 6.20. The molecule has 3 rings (SSSR count). The molecule has 1 N–H and O–H groups in total. The molecule has 102 valence electrons. The van der Waals surface area contributed by atoms with Crippen molar-refractivity contribution in [3.63, 3.8) is 0 Å². The van der Waals surface area contributed by atoms with Gasteiger partial charge in [-0.2, -0.15) is 4.98 Å². The zero-order chi connectivity index (χ0) is 14.1. The van der Waals surface area contributed by atoms with Crippen molar-refractivity contribution >= 4 is 23.2 Å². The van der Waals surface area contributed by atoms with E-state index in [2.05, 4.69) is 15.4 Å². The van der Waals surface area contributed by atoms with Gasteiger partial charge in [0.15, 0.2) is 5.65 Å². The van der Waals surface area contributed by atoms with Gasteiger partial charge in [0.2, 0.25) is 5.95 Å². The van der Waals surface area contributed by atoms with Crippen LogP contribution in [0.1, 0.15) is 24.1 Å². The lowest BCUT2D eigenvalue weighted by Gasteiger charge is -2.13. The lowest BCUT2D eigenvalue weighted by atomic mass is 10.1. The minimum atomic E-state index is 0.0430. The van der Waals surface area contributed by atoms with E-state index in [-0.39, 0.29) is 6.04 Å². The maximum atomic E-state index is 6.20. The first-order valence-corrected chi connectivity index (χ1v) is 6.86. The van der Waals surface area contributed by atoms with Crippen molar-refractivity contribution in [1.29, 1.82) is 0 Å². The molecule has 0 bridgehead atoms. The fraction of sp³-hybridized carbons (Fsp3) is 0.200. The zero-order valence-corrected chi connectivity index (χ0v) is 12.1. The molecule has 0 radical (unpaired) electrons. The summed E-state index contributed by atoms with van der Waals surface area (Å²) in [6, 6.07) is 11.8. The van der Waals surface area contributed by atoms with Crippen LogP contribution >= 0.6 is 11.6 Å². The van der Waals surface area contributed by atoms with Crippen molar-refractivity contribution in [2.24, 2.45) is 0 Å². The Balaban J connectivity index is 1.90. The van der Waals surface area contributed by atoms with Gasteiger partial charge in [0.05, 0.1) is 6.04 Å². The monoisotopic (exact) mass is 286 g/mol. The molecule has 3 aromatic rings. The van der Waals surface area contributed by atoms with E-state index in [9.17, 15) is 0 Å². The van der Waals surface area contributed by atoms with Gasteiger partial charge in [-0.15, -0.1) is 5.10 Å². The highest BCUT2D eigenvalue weighted by Gasteiger charge is 2.12. The zero-order valence-electron chi connectivity index (χ0n) is 11.3. The average Bonchev–Trinajstić information content (AvgIpc) is 2.83. The summed E-state index contributed by atoms with van der Waals surface area (Å²) in [5, 5.41) is 8.45. The van der Waals surface area contributed by atoms with Gasteiger partial charge in [-0.3, -0.25) is 0 Å². The number of rotatable bonds is 3. The van der Waals surface area contributed by atoms with Crippen LogP contribution in [0.3, 0.4) is 0 Å². The van der Waals surface area contributed by atoms with E-state index < -0.39 is 0 Å². The summed E-state index contributed by atoms with van der Waals surface area (Å²) in [6.07, 6.45) is 1.89. The van der Waals surface area contributed by atoms with Gasteiger partial charge in [0, 0.05) is 11.2 Å². The fourth-order valence-electron chi connectivity index (χ4n) is 2.20. The third kappa shape index (κ3) is 2.34.